The molecular weight excluding hydrogens is 226 g/mol. The lowest BCUT2D eigenvalue weighted by Gasteiger charge is -2.13. The lowest BCUT2D eigenvalue weighted by Crippen LogP contribution is -2.23. The lowest BCUT2D eigenvalue weighted by atomic mass is 10.4. The third-order valence-corrected chi connectivity index (χ3v) is 1.81. The van der Waals surface area contributed by atoms with E-state index in [1.165, 1.54) is 14.2 Å². The Balaban J connectivity index is 3.86. The molecular formula is C11H21NO5. The summed E-state index contributed by atoms with van der Waals surface area (Å²) < 4.78 is 19.8. The van der Waals surface area contributed by atoms with E-state index in [9.17, 15) is 4.79 Å². The summed E-state index contributed by atoms with van der Waals surface area (Å²) in [7, 11) is 2.86. The Morgan fingerprint density at radius 2 is 1.88 bits per heavy atom. The quantitative estimate of drug-likeness (QED) is 0.275. The highest BCUT2D eigenvalue weighted by Gasteiger charge is 2.10. The highest BCUT2D eigenvalue weighted by Crippen LogP contribution is 2.00. The summed E-state index contributed by atoms with van der Waals surface area (Å²) in [5.74, 6) is -0.540. The van der Waals surface area contributed by atoms with Gasteiger partial charge in [0.05, 0.1) is 12.3 Å². The van der Waals surface area contributed by atoms with Gasteiger partial charge in [0.15, 0.2) is 6.29 Å². The van der Waals surface area contributed by atoms with Crippen molar-refractivity contribution in [1.82, 2.24) is 0 Å². The maximum Gasteiger partial charge on any atom is 0.332 e. The van der Waals surface area contributed by atoms with Crippen LogP contribution in [0.3, 0.4) is 0 Å². The number of ether oxygens (including phenoxy) is 4. The number of carbonyl (C=O) groups excluding carboxylic acids is 1. The Bertz CT molecular complexity index is 238. The highest BCUT2D eigenvalue weighted by atomic mass is 16.7. The molecule has 0 aromatic heterocycles. The molecule has 6 heteroatoms. The number of hydrogen-bond acceptors (Lipinski definition) is 6. The van der Waals surface area contributed by atoms with Gasteiger partial charge in [-0.05, 0) is 6.42 Å². The molecule has 0 aliphatic rings. The predicted octanol–water partition coefficient (Wildman–Crippen LogP) is 0.418. The molecule has 100 valence electrons. The van der Waals surface area contributed by atoms with Crippen LogP contribution in [0.4, 0.5) is 0 Å². The van der Waals surface area contributed by atoms with Crippen molar-refractivity contribution in [1.29, 1.82) is 0 Å². The standard InChI is InChI=1S/C11H21NO5/c1-4-5-16-6-7-17-10(13)8-9(12)11(14-2)15-3/h8,11H,4-7,12H2,1-3H3/b9-8-. The van der Waals surface area contributed by atoms with Crippen LogP contribution in [0, 0.1) is 0 Å². The van der Waals surface area contributed by atoms with Crippen molar-refractivity contribution in [2.24, 2.45) is 5.73 Å². The minimum Gasteiger partial charge on any atom is -0.460 e. The molecule has 0 atom stereocenters. The fraction of sp³-hybridized carbons (Fsp3) is 0.727. The van der Waals surface area contributed by atoms with E-state index in [1.807, 2.05) is 6.92 Å². The maximum absolute atomic E-state index is 11.3. The molecule has 0 aliphatic carbocycles. The third-order valence-electron chi connectivity index (χ3n) is 1.81. The van der Waals surface area contributed by atoms with Crippen molar-refractivity contribution in [3.63, 3.8) is 0 Å². The zero-order valence-corrected chi connectivity index (χ0v) is 10.6. The molecule has 6 nitrogen and oxygen atoms in total. The summed E-state index contributed by atoms with van der Waals surface area (Å²) in [6.45, 7) is 3.24. The number of rotatable bonds is 9. The molecule has 0 amide bonds. The van der Waals surface area contributed by atoms with E-state index < -0.39 is 12.3 Å². The molecule has 0 rings (SSSR count). The number of carbonyl (C=O) groups is 1. The number of hydrogen-bond donors (Lipinski definition) is 1. The molecule has 17 heavy (non-hydrogen) atoms. The average molecular weight is 247 g/mol. The first-order valence-corrected chi connectivity index (χ1v) is 5.42. The van der Waals surface area contributed by atoms with E-state index in [0.29, 0.717) is 13.2 Å². The molecule has 0 radical (unpaired) electrons. The van der Waals surface area contributed by atoms with Gasteiger partial charge in [-0.2, -0.15) is 0 Å². The fourth-order valence-corrected chi connectivity index (χ4v) is 1.06. The third kappa shape index (κ3) is 7.73. The zero-order chi connectivity index (χ0) is 13.1. The second-order valence-corrected chi connectivity index (χ2v) is 3.23. The molecule has 0 heterocycles. The minimum atomic E-state index is -0.737. The predicted molar refractivity (Wildman–Crippen MR) is 62.1 cm³/mol. The summed E-state index contributed by atoms with van der Waals surface area (Å²) in [6.07, 6.45) is 1.33. The van der Waals surface area contributed by atoms with Crippen molar-refractivity contribution in [2.45, 2.75) is 19.6 Å². The molecule has 0 fully saturated rings. The molecule has 0 aromatic rings. The van der Waals surface area contributed by atoms with Gasteiger partial charge in [-0.15, -0.1) is 0 Å². The minimum absolute atomic E-state index is 0.162. The Kier molecular flexibility index (Phi) is 9.41. The molecule has 0 saturated carbocycles. The van der Waals surface area contributed by atoms with E-state index in [-0.39, 0.29) is 12.3 Å². The van der Waals surface area contributed by atoms with Crippen LogP contribution in [-0.2, 0) is 23.7 Å². The highest BCUT2D eigenvalue weighted by molar-refractivity contribution is 5.82. The van der Waals surface area contributed by atoms with Crippen LogP contribution in [0.1, 0.15) is 13.3 Å². The average Bonchev–Trinajstić information content (AvgIpc) is 2.30. The van der Waals surface area contributed by atoms with Crippen LogP contribution in [0.15, 0.2) is 11.8 Å². The van der Waals surface area contributed by atoms with Gasteiger partial charge in [0.25, 0.3) is 0 Å². The molecule has 0 bridgehead atoms. The Morgan fingerprint density at radius 3 is 2.41 bits per heavy atom. The molecule has 2 N–H and O–H groups in total. The molecule has 0 unspecified atom stereocenters. The fourth-order valence-electron chi connectivity index (χ4n) is 1.06. The molecule has 0 spiro atoms. The van der Waals surface area contributed by atoms with Crippen molar-refractivity contribution in [3.05, 3.63) is 11.8 Å². The van der Waals surface area contributed by atoms with E-state index in [2.05, 4.69) is 0 Å². The van der Waals surface area contributed by atoms with Gasteiger partial charge in [0, 0.05) is 26.9 Å². The first-order chi connectivity index (χ1) is 8.15. The normalized spacial score (nSPS) is 11.9. The zero-order valence-electron chi connectivity index (χ0n) is 10.6. The maximum atomic E-state index is 11.3. The van der Waals surface area contributed by atoms with E-state index in [4.69, 9.17) is 24.7 Å². The van der Waals surface area contributed by atoms with Gasteiger partial charge in [0.2, 0.25) is 0 Å². The number of nitrogens with two attached hydrogens (primary N) is 1. The van der Waals surface area contributed by atoms with Crippen molar-refractivity contribution < 1.29 is 23.7 Å². The van der Waals surface area contributed by atoms with Crippen molar-refractivity contribution in [3.8, 4) is 0 Å². The largest absolute Gasteiger partial charge is 0.460 e. The topological polar surface area (TPSA) is 80.0 Å². The summed E-state index contributed by atoms with van der Waals surface area (Å²) in [5, 5.41) is 0. The van der Waals surface area contributed by atoms with Crippen molar-refractivity contribution in [2.75, 3.05) is 34.0 Å². The molecule has 0 aromatic carbocycles. The van der Waals surface area contributed by atoms with Gasteiger partial charge in [-0.25, -0.2) is 4.79 Å². The van der Waals surface area contributed by atoms with Gasteiger partial charge in [0.1, 0.15) is 6.61 Å². The van der Waals surface area contributed by atoms with Crippen LogP contribution in [-0.4, -0.2) is 46.3 Å². The van der Waals surface area contributed by atoms with E-state index >= 15 is 0 Å². The second kappa shape index (κ2) is 10.1. The van der Waals surface area contributed by atoms with Gasteiger partial charge >= 0.3 is 5.97 Å². The smallest absolute Gasteiger partial charge is 0.332 e. The summed E-state index contributed by atoms with van der Waals surface area (Å²) in [5.41, 5.74) is 5.73. The van der Waals surface area contributed by atoms with Gasteiger partial charge in [-0.3, -0.25) is 0 Å². The summed E-state index contributed by atoms with van der Waals surface area (Å²) in [4.78, 5) is 11.3. The molecule has 0 aliphatic heterocycles. The van der Waals surface area contributed by atoms with Crippen LogP contribution in [0.25, 0.3) is 0 Å². The summed E-state index contributed by atoms with van der Waals surface area (Å²) >= 11 is 0. The Morgan fingerprint density at radius 1 is 1.24 bits per heavy atom. The van der Waals surface area contributed by atoms with E-state index in [0.717, 1.165) is 12.5 Å². The van der Waals surface area contributed by atoms with Crippen LogP contribution in [0.5, 0.6) is 0 Å². The first kappa shape index (κ1) is 15.9. The summed E-state index contributed by atoms with van der Waals surface area (Å²) in [6, 6.07) is 0. The number of esters is 1. The van der Waals surface area contributed by atoms with Gasteiger partial charge in [-0.1, -0.05) is 6.92 Å². The van der Waals surface area contributed by atoms with Crippen LogP contribution < -0.4 is 5.73 Å². The Labute approximate surface area is 102 Å². The van der Waals surface area contributed by atoms with Crippen LogP contribution >= 0.6 is 0 Å². The lowest BCUT2D eigenvalue weighted by molar-refractivity contribution is -0.139. The Hall–Kier alpha value is -1.11. The van der Waals surface area contributed by atoms with Crippen LogP contribution in [0.2, 0.25) is 0 Å². The SMILES string of the molecule is CCCOCCOC(=O)/C=C(\N)C(OC)OC. The van der Waals surface area contributed by atoms with Crippen molar-refractivity contribution >= 4 is 5.97 Å². The first-order valence-electron chi connectivity index (χ1n) is 5.42. The second-order valence-electron chi connectivity index (χ2n) is 3.23. The number of methoxy groups -OCH3 is 2. The molecule has 0 saturated heterocycles. The van der Waals surface area contributed by atoms with E-state index in [1.54, 1.807) is 0 Å². The van der Waals surface area contributed by atoms with Gasteiger partial charge < -0.3 is 24.7 Å². The monoisotopic (exact) mass is 247 g/mol.